The molecule has 1 amide bonds. The summed E-state index contributed by atoms with van der Waals surface area (Å²) < 4.78 is 1.77. The summed E-state index contributed by atoms with van der Waals surface area (Å²) >= 11 is 0. The van der Waals surface area contributed by atoms with E-state index in [4.69, 9.17) is 0 Å². The minimum absolute atomic E-state index is 0.111. The molecule has 2 aromatic heterocycles. The van der Waals surface area contributed by atoms with Crippen LogP contribution < -0.4 is 10.2 Å². The zero-order valence-electron chi connectivity index (χ0n) is 17.5. The van der Waals surface area contributed by atoms with Crippen molar-refractivity contribution in [1.29, 1.82) is 0 Å². The minimum atomic E-state index is 0.111. The molecule has 0 bridgehead atoms. The van der Waals surface area contributed by atoms with Crippen molar-refractivity contribution < 1.29 is 4.79 Å². The molecule has 3 heterocycles. The summed E-state index contributed by atoms with van der Waals surface area (Å²) in [5, 5.41) is 7.52. The lowest BCUT2D eigenvalue weighted by atomic mass is 9.90. The van der Waals surface area contributed by atoms with Crippen molar-refractivity contribution in [2.45, 2.75) is 58.9 Å². The van der Waals surface area contributed by atoms with Crippen LogP contribution in [-0.4, -0.2) is 44.8 Å². The molecule has 7 nitrogen and oxygen atoms in total. The van der Waals surface area contributed by atoms with Gasteiger partial charge in [-0.25, -0.2) is 9.97 Å². The Morgan fingerprint density at radius 3 is 2.68 bits per heavy atom. The van der Waals surface area contributed by atoms with Crippen LogP contribution >= 0.6 is 0 Å². The second-order valence-corrected chi connectivity index (χ2v) is 7.78. The largest absolute Gasteiger partial charge is 0.356 e. The molecule has 0 aromatic carbocycles. The van der Waals surface area contributed by atoms with Gasteiger partial charge in [0, 0.05) is 57.0 Å². The van der Waals surface area contributed by atoms with E-state index in [0.717, 1.165) is 55.4 Å². The van der Waals surface area contributed by atoms with Gasteiger partial charge in [0.2, 0.25) is 5.91 Å². The van der Waals surface area contributed by atoms with Crippen molar-refractivity contribution in [2.75, 3.05) is 18.0 Å². The van der Waals surface area contributed by atoms with Crippen molar-refractivity contribution in [1.82, 2.24) is 25.1 Å². The zero-order chi connectivity index (χ0) is 20.1. The third-order valence-corrected chi connectivity index (χ3v) is 5.58. The van der Waals surface area contributed by atoms with E-state index in [1.165, 1.54) is 0 Å². The fourth-order valence-corrected chi connectivity index (χ4v) is 3.87. The van der Waals surface area contributed by atoms with Crippen molar-refractivity contribution in [3.63, 3.8) is 0 Å². The van der Waals surface area contributed by atoms with Crippen LogP contribution in [0.2, 0.25) is 0 Å². The van der Waals surface area contributed by atoms with Crippen LogP contribution in [0.1, 0.15) is 50.3 Å². The minimum Gasteiger partial charge on any atom is -0.356 e. The van der Waals surface area contributed by atoms with Gasteiger partial charge in [0.25, 0.3) is 0 Å². The zero-order valence-corrected chi connectivity index (χ0v) is 17.5. The molecule has 0 saturated carbocycles. The maximum atomic E-state index is 12.3. The fraction of sp³-hybridized carbons (Fsp3) is 0.619. The Labute approximate surface area is 167 Å². The fourth-order valence-electron chi connectivity index (χ4n) is 3.87. The summed E-state index contributed by atoms with van der Waals surface area (Å²) in [4.78, 5) is 23.7. The highest BCUT2D eigenvalue weighted by Gasteiger charge is 2.25. The van der Waals surface area contributed by atoms with Gasteiger partial charge in [-0.2, -0.15) is 5.10 Å². The standard InChI is InChI=1S/C21H32N6O/c1-5-18-14-20(24-16(3)23-18)27-12-8-17(9-13-27)15(2)22-21(28)7-6-19-10-11-26(4)25-19/h10-11,14-15,17H,5-9,12-13H2,1-4H3,(H,22,28)/t15-/m1/s1. The molecule has 1 aliphatic heterocycles. The Kier molecular flexibility index (Phi) is 6.65. The van der Waals surface area contributed by atoms with E-state index in [0.29, 0.717) is 18.8 Å². The Balaban J connectivity index is 1.46. The molecule has 0 radical (unpaired) electrons. The first-order valence-electron chi connectivity index (χ1n) is 10.3. The Bertz CT molecular complexity index is 794. The van der Waals surface area contributed by atoms with Crippen LogP contribution in [0.25, 0.3) is 0 Å². The normalized spacial score (nSPS) is 16.2. The number of hydrogen-bond donors (Lipinski definition) is 1. The maximum absolute atomic E-state index is 12.3. The molecule has 1 fully saturated rings. The molecule has 0 aliphatic carbocycles. The van der Waals surface area contributed by atoms with Crippen LogP contribution in [0, 0.1) is 12.8 Å². The first-order valence-corrected chi connectivity index (χ1v) is 10.3. The van der Waals surface area contributed by atoms with Crippen LogP contribution in [0.4, 0.5) is 5.82 Å². The van der Waals surface area contributed by atoms with Crippen LogP contribution in [0.15, 0.2) is 18.3 Å². The lowest BCUT2D eigenvalue weighted by Gasteiger charge is -2.36. The van der Waals surface area contributed by atoms with Gasteiger partial charge >= 0.3 is 0 Å². The molecule has 1 atom stereocenters. The van der Waals surface area contributed by atoms with Crippen LogP contribution in [0.5, 0.6) is 0 Å². The van der Waals surface area contributed by atoms with Gasteiger partial charge in [0.05, 0.1) is 5.69 Å². The summed E-state index contributed by atoms with van der Waals surface area (Å²) in [6.45, 7) is 8.15. The smallest absolute Gasteiger partial charge is 0.220 e. The molecule has 0 unspecified atom stereocenters. The van der Waals surface area contributed by atoms with Gasteiger partial charge in [0.1, 0.15) is 11.6 Å². The van der Waals surface area contributed by atoms with Crippen LogP contribution in [-0.2, 0) is 24.7 Å². The van der Waals surface area contributed by atoms with Gasteiger partial charge in [-0.15, -0.1) is 0 Å². The van der Waals surface area contributed by atoms with E-state index in [9.17, 15) is 4.79 Å². The summed E-state index contributed by atoms with van der Waals surface area (Å²) in [7, 11) is 1.89. The number of aryl methyl sites for hydroxylation is 4. The Morgan fingerprint density at radius 2 is 2.04 bits per heavy atom. The SMILES string of the molecule is CCc1cc(N2CCC([C@@H](C)NC(=O)CCc3ccn(C)n3)CC2)nc(C)n1. The molecular formula is C21H32N6O. The molecular weight excluding hydrogens is 352 g/mol. The van der Waals surface area contributed by atoms with Gasteiger partial charge in [-0.05, 0) is 45.1 Å². The molecule has 28 heavy (non-hydrogen) atoms. The predicted molar refractivity (Wildman–Crippen MR) is 110 cm³/mol. The monoisotopic (exact) mass is 384 g/mol. The number of hydrogen-bond acceptors (Lipinski definition) is 5. The highest BCUT2D eigenvalue weighted by molar-refractivity contribution is 5.76. The van der Waals surface area contributed by atoms with E-state index in [-0.39, 0.29) is 11.9 Å². The number of aromatic nitrogens is 4. The average molecular weight is 385 g/mol. The highest BCUT2D eigenvalue weighted by Crippen LogP contribution is 2.25. The van der Waals surface area contributed by atoms with E-state index < -0.39 is 0 Å². The van der Waals surface area contributed by atoms with Crippen molar-refractivity contribution in [3.8, 4) is 0 Å². The van der Waals surface area contributed by atoms with Gasteiger partial charge in [-0.1, -0.05) is 6.92 Å². The number of piperidine rings is 1. The first-order chi connectivity index (χ1) is 13.4. The summed E-state index contributed by atoms with van der Waals surface area (Å²) in [5.41, 5.74) is 2.06. The van der Waals surface area contributed by atoms with Gasteiger partial charge in [0.15, 0.2) is 0 Å². The van der Waals surface area contributed by atoms with Crippen LogP contribution in [0.3, 0.4) is 0 Å². The highest BCUT2D eigenvalue weighted by atomic mass is 16.1. The lowest BCUT2D eigenvalue weighted by Crippen LogP contribution is -2.44. The predicted octanol–water partition coefficient (Wildman–Crippen LogP) is 2.43. The Hall–Kier alpha value is -2.44. The summed E-state index contributed by atoms with van der Waals surface area (Å²) in [5.74, 6) is 2.49. The van der Waals surface area contributed by atoms with Crippen molar-refractivity contribution >= 4 is 11.7 Å². The third-order valence-electron chi connectivity index (χ3n) is 5.58. The molecule has 152 valence electrons. The number of nitrogens with one attached hydrogen (secondary N) is 1. The second-order valence-electron chi connectivity index (χ2n) is 7.78. The molecule has 1 saturated heterocycles. The van der Waals surface area contributed by atoms with Gasteiger partial charge < -0.3 is 10.2 Å². The van der Waals surface area contributed by atoms with Crippen molar-refractivity contribution in [2.24, 2.45) is 13.0 Å². The second kappa shape index (κ2) is 9.17. The number of anilines is 1. The van der Waals surface area contributed by atoms with Gasteiger partial charge in [-0.3, -0.25) is 9.48 Å². The molecule has 1 N–H and O–H groups in total. The number of nitrogens with zero attached hydrogens (tertiary/aromatic N) is 5. The number of amides is 1. The molecule has 1 aliphatic rings. The quantitative estimate of drug-likeness (QED) is 0.793. The topological polar surface area (TPSA) is 75.9 Å². The van der Waals surface area contributed by atoms with E-state index >= 15 is 0 Å². The number of carbonyl (C=O) groups is 1. The summed E-state index contributed by atoms with van der Waals surface area (Å²) in [6, 6.07) is 4.26. The third kappa shape index (κ3) is 5.30. The summed E-state index contributed by atoms with van der Waals surface area (Å²) in [6.07, 6.45) is 6.13. The number of carbonyl (C=O) groups excluding carboxylic acids is 1. The average Bonchev–Trinajstić information content (AvgIpc) is 3.11. The first kappa shape index (κ1) is 20.3. The molecule has 7 heteroatoms. The molecule has 3 rings (SSSR count). The molecule has 2 aromatic rings. The van der Waals surface area contributed by atoms with E-state index in [1.54, 1.807) is 4.68 Å². The maximum Gasteiger partial charge on any atom is 0.220 e. The molecule has 0 spiro atoms. The van der Waals surface area contributed by atoms with E-state index in [2.05, 4.69) is 45.2 Å². The van der Waals surface area contributed by atoms with Crippen molar-refractivity contribution in [3.05, 3.63) is 35.5 Å². The lowest BCUT2D eigenvalue weighted by molar-refractivity contribution is -0.122. The van der Waals surface area contributed by atoms with E-state index in [1.807, 2.05) is 26.2 Å². The Morgan fingerprint density at radius 1 is 1.29 bits per heavy atom. The number of rotatable bonds is 7.